The molecule has 0 saturated heterocycles. The molecule has 1 amide bonds. The Morgan fingerprint density at radius 3 is 2.74 bits per heavy atom. The van der Waals surface area contributed by atoms with E-state index in [9.17, 15) is 14.9 Å². The lowest BCUT2D eigenvalue weighted by Crippen LogP contribution is -2.48. The zero-order chi connectivity index (χ0) is 26.6. The van der Waals surface area contributed by atoms with Gasteiger partial charge >= 0.3 is 0 Å². The van der Waals surface area contributed by atoms with E-state index in [1.54, 1.807) is 6.07 Å². The normalized spacial score (nSPS) is 17.1. The number of aromatic nitrogens is 1. The first kappa shape index (κ1) is 25.1. The molecule has 3 aromatic rings. The van der Waals surface area contributed by atoms with Crippen LogP contribution in [0.15, 0.2) is 95.6 Å². The van der Waals surface area contributed by atoms with E-state index in [1.165, 1.54) is 17.3 Å². The Morgan fingerprint density at radius 2 is 1.97 bits per heavy atom. The molecule has 0 radical (unpaired) electrons. The molecule has 2 heterocycles. The van der Waals surface area contributed by atoms with E-state index >= 15 is 0 Å². The van der Waals surface area contributed by atoms with Gasteiger partial charge in [-0.1, -0.05) is 54.1 Å². The van der Waals surface area contributed by atoms with Crippen LogP contribution < -0.4 is 15.9 Å². The van der Waals surface area contributed by atoms with Gasteiger partial charge in [0.15, 0.2) is 5.78 Å². The van der Waals surface area contributed by atoms with E-state index in [0.717, 1.165) is 5.56 Å². The number of ether oxygens (including phenoxy) is 1. The Kier molecular flexibility index (Phi) is 7.11. The molecule has 0 fully saturated rings. The second-order valence-corrected chi connectivity index (χ2v) is 9.30. The number of hydrazine groups is 1. The number of rotatable bonds is 6. The fourth-order valence-electron chi connectivity index (χ4n) is 4.79. The first-order valence-corrected chi connectivity index (χ1v) is 12.5. The Morgan fingerprint density at radius 1 is 1.16 bits per heavy atom. The van der Waals surface area contributed by atoms with Crippen molar-refractivity contribution in [1.82, 2.24) is 15.4 Å². The molecule has 0 bridgehead atoms. The zero-order valence-corrected chi connectivity index (χ0v) is 21.1. The summed E-state index contributed by atoms with van der Waals surface area (Å²) in [5.74, 6) is -0.670. The van der Waals surface area contributed by atoms with Crippen LogP contribution in [0.4, 0.5) is 0 Å². The molecule has 1 aliphatic carbocycles. The summed E-state index contributed by atoms with van der Waals surface area (Å²) in [6.07, 6.45) is 2.92. The number of nitrogens with zero attached hydrogens (tertiary/aromatic N) is 3. The molecule has 1 atom stereocenters. The monoisotopic (exact) mass is 525 g/mol. The van der Waals surface area contributed by atoms with E-state index in [1.807, 2.05) is 54.6 Å². The Balaban J connectivity index is 1.51. The molecule has 3 N–H and O–H groups in total. The van der Waals surface area contributed by atoms with Crippen LogP contribution in [0.25, 0.3) is 0 Å². The van der Waals surface area contributed by atoms with Crippen LogP contribution in [-0.4, -0.2) is 21.7 Å². The topological polar surface area (TPSA) is 121 Å². The maximum atomic E-state index is 13.3. The number of pyridine rings is 1. The van der Waals surface area contributed by atoms with Gasteiger partial charge in [0.1, 0.15) is 23.3 Å². The van der Waals surface area contributed by atoms with Crippen LogP contribution in [0.3, 0.4) is 0 Å². The molecule has 38 heavy (non-hydrogen) atoms. The summed E-state index contributed by atoms with van der Waals surface area (Å²) in [5.41, 5.74) is 12.3. The first-order chi connectivity index (χ1) is 18.5. The number of Topliss-reactive ketones (excluding diaryl/α,β-unsaturated/α-hetero) is 1. The molecule has 1 aliphatic heterocycles. The van der Waals surface area contributed by atoms with Gasteiger partial charge in [-0.05, 0) is 48.2 Å². The van der Waals surface area contributed by atoms with Crippen molar-refractivity contribution in [2.24, 2.45) is 5.73 Å². The van der Waals surface area contributed by atoms with E-state index in [-0.39, 0.29) is 27.9 Å². The number of nitrogens with one attached hydrogen (secondary N) is 1. The van der Waals surface area contributed by atoms with Gasteiger partial charge in [-0.15, -0.1) is 0 Å². The quantitative estimate of drug-likeness (QED) is 0.445. The van der Waals surface area contributed by atoms with Crippen molar-refractivity contribution < 1.29 is 14.3 Å². The molecule has 190 valence electrons. The summed E-state index contributed by atoms with van der Waals surface area (Å²) < 4.78 is 6.00. The van der Waals surface area contributed by atoms with Gasteiger partial charge in [0.2, 0.25) is 0 Å². The van der Waals surface area contributed by atoms with Gasteiger partial charge in [-0.3, -0.25) is 15.0 Å². The molecule has 0 spiro atoms. The lowest BCUT2D eigenvalue weighted by molar-refractivity contribution is -0.116. The minimum Gasteiger partial charge on any atom is -0.489 e. The molecule has 2 aromatic carbocycles. The highest BCUT2D eigenvalue weighted by Gasteiger charge is 2.40. The molecule has 2 aliphatic rings. The maximum Gasteiger partial charge on any atom is 0.273 e. The Hall–Kier alpha value is -4.61. The number of nitriles is 1. The molecular formula is C29H24ClN5O3. The number of carbonyl (C=O) groups is 2. The van der Waals surface area contributed by atoms with Crippen molar-refractivity contribution in [1.29, 1.82) is 5.26 Å². The third-order valence-corrected chi connectivity index (χ3v) is 6.87. The van der Waals surface area contributed by atoms with Crippen molar-refractivity contribution >= 4 is 23.3 Å². The SMILES string of the molecule is N#CC1=C(N)N(NC(=O)c2cccnc2Cl)C2=C(C(=O)CCC2)C1c1cccc(OCc2ccccc2)c1. The predicted octanol–water partition coefficient (Wildman–Crippen LogP) is 4.76. The fourth-order valence-corrected chi connectivity index (χ4v) is 4.99. The van der Waals surface area contributed by atoms with Crippen molar-refractivity contribution in [3.05, 3.63) is 117 Å². The standard InChI is InChI=1S/C29H24ClN5O3/c30-27-21(11-6-14-33-27)29(37)34-35-23-12-5-13-24(36)26(23)25(22(16-31)28(35)32)19-9-4-10-20(15-19)38-17-18-7-2-1-3-8-18/h1-4,6-11,14-15,25H,5,12-13,17,32H2,(H,34,37). The van der Waals surface area contributed by atoms with Gasteiger partial charge in [-0.25, -0.2) is 9.99 Å². The zero-order valence-electron chi connectivity index (χ0n) is 20.4. The highest BCUT2D eigenvalue weighted by atomic mass is 35.5. The number of carbonyl (C=O) groups excluding carboxylic acids is 2. The van der Waals surface area contributed by atoms with E-state index in [4.69, 9.17) is 22.1 Å². The average molecular weight is 526 g/mol. The summed E-state index contributed by atoms with van der Waals surface area (Å²) in [6.45, 7) is 0.377. The van der Waals surface area contributed by atoms with Crippen molar-refractivity contribution in [3.8, 4) is 11.8 Å². The number of halogens is 1. The predicted molar refractivity (Wildman–Crippen MR) is 141 cm³/mol. The maximum absolute atomic E-state index is 13.3. The van der Waals surface area contributed by atoms with Crippen LogP contribution in [0.5, 0.6) is 5.75 Å². The van der Waals surface area contributed by atoms with Crippen molar-refractivity contribution in [2.75, 3.05) is 0 Å². The van der Waals surface area contributed by atoms with Gasteiger partial charge < -0.3 is 10.5 Å². The average Bonchev–Trinajstić information content (AvgIpc) is 2.94. The summed E-state index contributed by atoms with van der Waals surface area (Å²) in [6, 6.07) is 22.4. The third-order valence-electron chi connectivity index (χ3n) is 6.57. The highest BCUT2D eigenvalue weighted by molar-refractivity contribution is 6.32. The van der Waals surface area contributed by atoms with Crippen molar-refractivity contribution in [3.63, 3.8) is 0 Å². The molecule has 8 nitrogen and oxygen atoms in total. The third kappa shape index (κ3) is 4.84. The molecule has 0 saturated carbocycles. The second-order valence-electron chi connectivity index (χ2n) is 8.95. The fraction of sp³-hybridized carbons (Fsp3) is 0.172. The summed E-state index contributed by atoms with van der Waals surface area (Å²) in [4.78, 5) is 30.3. The highest BCUT2D eigenvalue weighted by Crippen LogP contribution is 2.44. The van der Waals surface area contributed by atoms with Gasteiger partial charge in [0.25, 0.3) is 5.91 Å². The minimum atomic E-state index is -0.682. The molecule has 5 rings (SSSR count). The number of allylic oxidation sites excluding steroid dienone is 3. The number of amides is 1. The van der Waals surface area contributed by atoms with Crippen LogP contribution in [0, 0.1) is 11.3 Å². The van der Waals surface area contributed by atoms with E-state index in [0.29, 0.717) is 48.5 Å². The Bertz CT molecular complexity index is 1510. The lowest BCUT2D eigenvalue weighted by atomic mass is 9.76. The molecule has 1 aromatic heterocycles. The summed E-state index contributed by atoms with van der Waals surface area (Å²) >= 11 is 6.11. The van der Waals surface area contributed by atoms with E-state index in [2.05, 4.69) is 16.5 Å². The number of benzene rings is 2. The summed E-state index contributed by atoms with van der Waals surface area (Å²) in [5, 5.41) is 11.6. The number of nitrogens with two attached hydrogens (primary N) is 1. The van der Waals surface area contributed by atoms with Crippen LogP contribution >= 0.6 is 11.6 Å². The Labute approximate surface area is 225 Å². The van der Waals surface area contributed by atoms with Gasteiger partial charge in [0, 0.05) is 23.9 Å². The van der Waals surface area contributed by atoms with Crippen LogP contribution in [-0.2, 0) is 11.4 Å². The molecular weight excluding hydrogens is 502 g/mol. The lowest BCUT2D eigenvalue weighted by Gasteiger charge is -2.39. The second kappa shape index (κ2) is 10.8. The van der Waals surface area contributed by atoms with Crippen LogP contribution in [0.1, 0.15) is 46.7 Å². The molecule has 9 heteroatoms. The number of hydrogen-bond acceptors (Lipinski definition) is 7. The van der Waals surface area contributed by atoms with Gasteiger partial charge in [0.05, 0.1) is 23.1 Å². The minimum absolute atomic E-state index is 0.0317. The largest absolute Gasteiger partial charge is 0.489 e. The van der Waals surface area contributed by atoms with E-state index < -0.39 is 11.8 Å². The first-order valence-electron chi connectivity index (χ1n) is 12.1. The van der Waals surface area contributed by atoms with Crippen LogP contribution in [0.2, 0.25) is 5.15 Å². The summed E-state index contributed by atoms with van der Waals surface area (Å²) in [7, 11) is 0. The van der Waals surface area contributed by atoms with Crippen molar-refractivity contribution in [2.45, 2.75) is 31.8 Å². The number of hydrogen-bond donors (Lipinski definition) is 2. The number of ketones is 1. The molecule has 1 unspecified atom stereocenters. The van der Waals surface area contributed by atoms with Gasteiger partial charge in [-0.2, -0.15) is 5.26 Å². The smallest absolute Gasteiger partial charge is 0.273 e.